The molecule has 9 heteroatoms. The smallest absolute Gasteiger partial charge is 0.238 e. The summed E-state index contributed by atoms with van der Waals surface area (Å²) in [6.45, 7) is 4.86. The average Bonchev–Trinajstić information content (AvgIpc) is 3.16. The van der Waals surface area contributed by atoms with Crippen molar-refractivity contribution in [2.75, 3.05) is 31.5 Å². The molecule has 0 bridgehead atoms. The molecule has 1 atom stereocenters. The number of amides is 1. The van der Waals surface area contributed by atoms with Gasteiger partial charge in [0.25, 0.3) is 0 Å². The van der Waals surface area contributed by atoms with Gasteiger partial charge in [-0.3, -0.25) is 14.7 Å². The number of carbonyl (C=O) groups is 1. The first-order valence-electron chi connectivity index (χ1n) is 9.36. The summed E-state index contributed by atoms with van der Waals surface area (Å²) < 4.78 is 0. The van der Waals surface area contributed by atoms with E-state index in [0.717, 1.165) is 47.2 Å². The number of benzene rings is 1. The number of aromatic nitrogens is 2. The summed E-state index contributed by atoms with van der Waals surface area (Å²) in [5.74, 6) is -0.0117. The number of nitrogens with zero attached hydrogens (tertiary/aromatic N) is 3. The molecular formula is C21H25Cl2N5OS. The second kappa shape index (κ2) is 11.4. The average molecular weight is 466 g/mol. The Bertz CT molecular complexity index is 953. The zero-order valence-electron chi connectivity index (χ0n) is 16.6. The van der Waals surface area contributed by atoms with Crippen molar-refractivity contribution in [2.24, 2.45) is 0 Å². The van der Waals surface area contributed by atoms with Crippen LogP contribution in [-0.4, -0.2) is 47.0 Å². The van der Waals surface area contributed by atoms with Crippen LogP contribution < -0.4 is 10.6 Å². The predicted molar refractivity (Wildman–Crippen MR) is 127 cm³/mol. The summed E-state index contributed by atoms with van der Waals surface area (Å²) in [4.78, 5) is 23.7. The van der Waals surface area contributed by atoms with Gasteiger partial charge in [0.1, 0.15) is 0 Å². The molecule has 1 amide bonds. The van der Waals surface area contributed by atoms with Gasteiger partial charge in [-0.25, -0.2) is 4.98 Å². The molecule has 4 rings (SSSR count). The number of piperazine rings is 1. The normalized spacial score (nSPS) is 16.2. The first-order chi connectivity index (χ1) is 13.7. The lowest BCUT2D eigenvalue weighted by Crippen LogP contribution is -2.48. The van der Waals surface area contributed by atoms with Crippen molar-refractivity contribution >= 4 is 47.7 Å². The molecule has 2 N–H and O–H groups in total. The summed E-state index contributed by atoms with van der Waals surface area (Å²) in [5, 5.41) is 9.51. The van der Waals surface area contributed by atoms with E-state index < -0.39 is 0 Å². The maximum Gasteiger partial charge on any atom is 0.238 e. The van der Waals surface area contributed by atoms with Crippen LogP contribution in [0.2, 0.25) is 0 Å². The number of carbonyl (C=O) groups excluding carboxylic acids is 1. The van der Waals surface area contributed by atoms with Crippen LogP contribution in [0.1, 0.15) is 16.6 Å². The molecule has 3 heterocycles. The fourth-order valence-corrected chi connectivity index (χ4v) is 4.10. The number of pyridine rings is 1. The highest BCUT2D eigenvalue weighted by Crippen LogP contribution is 2.25. The first-order valence-corrected chi connectivity index (χ1v) is 10.2. The van der Waals surface area contributed by atoms with Gasteiger partial charge in [0.15, 0.2) is 0 Å². The molecule has 3 aromatic rings. The van der Waals surface area contributed by atoms with Gasteiger partial charge >= 0.3 is 0 Å². The Kier molecular flexibility index (Phi) is 9.20. The van der Waals surface area contributed by atoms with Crippen LogP contribution in [-0.2, 0) is 4.79 Å². The van der Waals surface area contributed by atoms with Crippen molar-refractivity contribution < 1.29 is 4.79 Å². The Morgan fingerprint density at radius 2 is 2.17 bits per heavy atom. The van der Waals surface area contributed by atoms with Gasteiger partial charge < -0.3 is 10.6 Å². The van der Waals surface area contributed by atoms with Gasteiger partial charge in [-0.1, -0.05) is 18.2 Å². The molecule has 1 unspecified atom stereocenters. The predicted octanol–water partition coefficient (Wildman–Crippen LogP) is 3.94. The van der Waals surface area contributed by atoms with Crippen molar-refractivity contribution in [1.82, 2.24) is 20.2 Å². The Hall–Kier alpha value is -2.03. The van der Waals surface area contributed by atoms with E-state index in [1.807, 2.05) is 48.8 Å². The third-order valence-electron chi connectivity index (χ3n) is 4.83. The lowest BCUT2D eigenvalue weighted by atomic mass is 10.1. The van der Waals surface area contributed by atoms with Gasteiger partial charge in [-0.2, -0.15) is 0 Å². The number of hydrogen-bond donors (Lipinski definition) is 2. The number of nitrogens with one attached hydrogen (secondary N) is 2. The molecule has 0 spiro atoms. The molecule has 30 heavy (non-hydrogen) atoms. The number of hydrogen-bond acceptors (Lipinski definition) is 6. The van der Waals surface area contributed by atoms with Gasteiger partial charge in [-0.05, 0) is 30.7 Å². The van der Waals surface area contributed by atoms with Crippen molar-refractivity contribution in [3.63, 3.8) is 0 Å². The molecule has 0 radical (unpaired) electrons. The molecule has 0 saturated carbocycles. The van der Waals surface area contributed by atoms with Crippen LogP contribution in [0.15, 0.2) is 54.2 Å². The molecule has 1 fully saturated rings. The summed E-state index contributed by atoms with van der Waals surface area (Å²) in [6, 6.07) is 12.0. The van der Waals surface area contributed by atoms with E-state index in [2.05, 4.69) is 31.6 Å². The van der Waals surface area contributed by atoms with E-state index >= 15 is 0 Å². The van der Waals surface area contributed by atoms with E-state index in [-0.39, 0.29) is 36.8 Å². The van der Waals surface area contributed by atoms with Crippen molar-refractivity contribution in [1.29, 1.82) is 0 Å². The van der Waals surface area contributed by atoms with Crippen LogP contribution in [0.5, 0.6) is 0 Å². The summed E-state index contributed by atoms with van der Waals surface area (Å²) >= 11 is 1.62. The Morgan fingerprint density at radius 3 is 2.90 bits per heavy atom. The standard InChI is InChI=1S/C21H23N5OS.2ClH/c1-15-24-19(14-28-15)16-4-2-6-18(10-16)25-21(27)13-26-9-8-23-12-20(26)17-5-3-7-22-11-17;;/h2-7,10-11,14,20,23H,8-9,12-13H2,1H3,(H,25,27);2*1H. The van der Waals surface area contributed by atoms with Crippen LogP contribution in [0.4, 0.5) is 5.69 Å². The first kappa shape index (κ1) is 24.2. The number of aryl methyl sites for hydroxylation is 1. The lowest BCUT2D eigenvalue weighted by Gasteiger charge is -2.35. The Labute approximate surface area is 193 Å². The quantitative estimate of drug-likeness (QED) is 0.596. The van der Waals surface area contributed by atoms with Crippen molar-refractivity contribution in [3.05, 3.63) is 64.7 Å². The molecule has 1 saturated heterocycles. The molecule has 0 aliphatic carbocycles. The monoisotopic (exact) mass is 465 g/mol. The largest absolute Gasteiger partial charge is 0.325 e. The zero-order chi connectivity index (χ0) is 19.3. The highest BCUT2D eigenvalue weighted by atomic mass is 35.5. The van der Waals surface area contributed by atoms with E-state index in [1.54, 1.807) is 17.5 Å². The van der Waals surface area contributed by atoms with Crippen LogP contribution in [0.25, 0.3) is 11.3 Å². The van der Waals surface area contributed by atoms with Crippen LogP contribution in [0.3, 0.4) is 0 Å². The lowest BCUT2D eigenvalue weighted by molar-refractivity contribution is -0.118. The van der Waals surface area contributed by atoms with Crippen molar-refractivity contribution in [3.8, 4) is 11.3 Å². The highest BCUT2D eigenvalue weighted by Gasteiger charge is 2.25. The third kappa shape index (κ3) is 6.00. The van der Waals surface area contributed by atoms with Gasteiger partial charge in [-0.15, -0.1) is 36.2 Å². The van der Waals surface area contributed by atoms with Gasteiger partial charge in [0, 0.05) is 54.7 Å². The highest BCUT2D eigenvalue weighted by molar-refractivity contribution is 7.09. The zero-order valence-corrected chi connectivity index (χ0v) is 19.0. The van der Waals surface area contributed by atoms with E-state index in [4.69, 9.17) is 0 Å². The molecule has 1 aliphatic rings. The molecule has 160 valence electrons. The van der Waals surface area contributed by atoms with Crippen LogP contribution >= 0.6 is 36.2 Å². The van der Waals surface area contributed by atoms with E-state index in [0.29, 0.717) is 6.54 Å². The number of rotatable bonds is 5. The topological polar surface area (TPSA) is 70.2 Å². The maximum atomic E-state index is 12.7. The molecular weight excluding hydrogens is 441 g/mol. The van der Waals surface area contributed by atoms with Crippen molar-refractivity contribution in [2.45, 2.75) is 13.0 Å². The number of thiazole rings is 1. The minimum absolute atomic E-state index is 0. The Balaban J connectivity index is 0.00000160. The van der Waals surface area contributed by atoms with Crippen LogP contribution in [0, 0.1) is 6.92 Å². The van der Waals surface area contributed by atoms with E-state index in [1.165, 1.54) is 0 Å². The maximum absolute atomic E-state index is 12.7. The second-order valence-corrected chi connectivity index (χ2v) is 7.92. The minimum atomic E-state index is -0.0117. The molecule has 1 aliphatic heterocycles. The SMILES string of the molecule is Cc1nc(-c2cccc(NC(=O)CN3CCNCC3c3cccnc3)c2)cs1.Cl.Cl. The summed E-state index contributed by atoms with van der Waals surface area (Å²) in [7, 11) is 0. The minimum Gasteiger partial charge on any atom is -0.325 e. The van der Waals surface area contributed by atoms with E-state index in [9.17, 15) is 4.79 Å². The summed E-state index contributed by atoms with van der Waals surface area (Å²) in [6.07, 6.45) is 3.65. The summed E-state index contributed by atoms with van der Waals surface area (Å²) in [5.41, 5.74) is 3.87. The fourth-order valence-electron chi connectivity index (χ4n) is 3.47. The van der Waals surface area contributed by atoms with Gasteiger partial charge in [0.2, 0.25) is 5.91 Å². The molecule has 1 aromatic carbocycles. The fraction of sp³-hybridized carbons (Fsp3) is 0.286. The van der Waals surface area contributed by atoms with Gasteiger partial charge in [0.05, 0.1) is 17.2 Å². The number of anilines is 1. The second-order valence-electron chi connectivity index (χ2n) is 6.86. The Morgan fingerprint density at radius 1 is 1.30 bits per heavy atom. The third-order valence-corrected chi connectivity index (χ3v) is 5.60. The molecule has 6 nitrogen and oxygen atoms in total. The molecule has 2 aromatic heterocycles. The number of halogens is 2.